The fraction of sp³-hybridized carbons (Fsp3) is 0.360. The maximum atomic E-state index is 12.9. The van der Waals surface area contributed by atoms with E-state index in [0.717, 1.165) is 29.7 Å². The zero-order valence-electron chi connectivity index (χ0n) is 18.9. The highest BCUT2D eigenvalue weighted by Crippen LogP contribution is 2.28. The Hall–Kier alpha value is -2.19. The van der Waals surface area contributed by atoms with Crippen LogP contribution in [0.5, 0.6) is 0 Å². The van der Waals surface area contributed by atoms with Crippen LogP contribution in [0.1, 0.15) is 34.6 Å². The van der Waals surface area contributed by atoms with E-state index in [1.807, 2.05) is 62.6 Å². The molecule has 7 heteroatoms. The number of rotatable bonds is 7. The molecule has 1 aliphatic heterocycles. The van der Waals surface area contributed by atoms with Crippen molar-refractivity contribution in [3.63, 3.8) is 0 Å². The van der Waals surface area contributed by atoms with Crippen molar-refractivity contribution in [2.24, 2.45) is 0 Å². The van der Waals surface area contributed by atoms with Gasteiger partial charge in [0.25, 0.3) is 0 Å². The number of aliphatic hydroxyl groups is 1. The molecule has 2 heterocycles. The first-order valence-corrected chi connectivity index (χ1v) is 13.0. The van der Waals surface area contributed by atoms with E-state index in [1.54, 1.807) is 18.0 Å². The quantitative estimate of drug-likeness (QED) is 0.396. The number of carbonyl (C=O) groups excluding carboxylic acids is 1. The van der Waals surface area contributed by atoms with Gasteiger partial charge in [0.2, 0.25) is 5.78 Å². The number of carbonyl (C=O) groups is 1. The summed E-state index contributed by atoms with van der Waals surface area (Å²) in [7, 11) is 0. The molecule has 3 aromatic rings. The molecule has 0 spiro atoms. The lowest BCUT2D eigenvalue weighted by atomic mass is 10.1. The highest BCUT2D eigenvalue weighted by molar-refractivity contribution is 7.98. The van der Waals surface area contributed by atoms with E-state index < -0.39 is 0 Å². The highest BCUT2D eigenvalue weighted by atomic mass is 32.2. The number of thiazole rings is 1. The van der Waals surface area contributed by atoms with Crippen LogP contribution >= 0.6 is 23.1 Å². The van der Waals surface area contributed by atoms with E-state index in [-0.39, 0.29) is 18.4 Å². The first-order chi connectivity index (χ1) is 15.7. The molecule has 1 atom stereocenters. The molecule has 0 saturated carbocycles. The molecule has 1 aliphatic rings. The molecule has 1 fully saturated rings. The molecule has 0 aliphatic carbocycles. The number of ketones is 1. The second-order valence-corrected chi connectivity index (χ2v) is 9.20. The summed E-state index contributed by atoms with van der Waals surface area (Å²) in [5.41, 5.74) is 1.94. The summed E-state index contributed by atoms with van der Waals surface area (Å²) in [5.74, 6) is 0.0103. The average molecular weight is 470 g/mol. The summed E-state index contributed by atoms with van der Waals surface area (Å²) >= 11 is 3.06. The third-order valence-electron chi connectivity index (χ3n) is 5.36. The zero-order chi connectivity index (χ0) is 22.9. The van der Waals surface area contributed by atoms with Crippen molar-refractivity contribution < 1.29 is 9.90 Å². The number of nitrogens with zero attached hydrogens (tertiary/aromatic N) is 3. The summed E-state index contributed by atoms with van der Waals surface area (Å²) in [4.78, 5) is 23.6. The van der Waals surface area contributed by atoms with Crippen molar-refractivity contribution in [2.75, 3.05) is 37.4 Å². The Morgan fingerprint density at radius 1 is 1.16 bits per heavy atom. The minimum absolute atomic E-state index is 0.0103. The molecular formula is C25H31N3O2S2. The van der Waals surface area contributed by atoms with Gasteiger partial charge in [0.05, 0.1) is 23.7 Å². The number of aliphatic hydroxyl groups excluding tert-OH is 1. The highest BCUT2D eigenvalue weighted by Gasteiger charge is 2.28. The Balaban J connectivity index is 0.00000141. The van der Waals surface area contributed by atoms with Gasteiger partial charge in [-0.1, -0.05) is 67.6 Å². The van der Waals surface area contributed by atoms with Crippen LogP contribution in [0, 0.1) is 0 Å². The number of thioether (sulfide) groups is 1. The molecule has 1 aromatic heterocycles. The maximum Gasteiger partial charge on any atom is 0.204 e. The van der Waals surface area contributed by atoms with Gasteiger partial charge in [-0.2, -0.15) is 0 Å². The minimum atomic E-state index is 0.0103. The summed E-state index contributed by atoms with van der Waals surface area (Å²) in [6.07, 6.45) is 3.68. The van der Waals surface area contributed by atoms with E-state index >= 15 is 0 Å². The summed E-state index contributed by atoms with van der Waals surface area (Å²) in [6, 6.07) is 18.1. The van der Waals surface area contributed by atoms with Crippen LogP contribution in [0.3, 0.4) is 0 Å². The molecule has 170 valence electrons. The van der Waals surface area contributed by atoms with E-state index in [0.29, 0.717) is 17.0 Å². The molecule has 4 rings (SSSR count). The van der Waals surface area contributed by atoms with Crippen LogP contribution in [0.25, 0.3) is 0 Å². The van der Waals surface area contributed by atoms with Crippen LogP contribution in [0.4, 0.5) is 5.13 Å². The molecule has 2 aromatic carbocycles. The van der Waals surface area contributed by atoms with Crippen molar-refractivity contribution in [3.05, 3.63) is 76.8 Å². The normalized spacial score (nSPS) is 16.4. The molecule has 0 amide bonds. The molecule has 5 nitrogen and oxygen atoms in total. The van der Waals surface area contributed by atoms with E-state index in [4.69, 9.17) is 0 Å². The number of benzene rings is 2. The minimum Gasteiger partial charge on any atom is -0.395 e. The molecule has 1 N–H and O–H groups in total. The van der Waals surface area contributed by atoms with Gasteiger partial charge in [-0.15, -0.1) is 11.8 Å². The third-order valence-corrected chi connectivity index (χ3v) is 7.15. The summed E-state index contributed by atoms with van der Waals surface area (Å²) in [5, 5.41) is 10.8. The second kappa shape index (κ2) is 12.2. The van der Waals surface area contributed by atoms with E-state index in [2.05, 4.69) is 26.9 Å². The van der Waals surface area contributed by atoms with E-state index in [9.17, 15) is 9.90 Å². The fourth-order valence-corrected chi connectivity index (χ4v) is 5.06. The molecule has 1 unspecified atom stereocenters. The van der Waals surface area contributed by atoms with Gasteiger partial charge in [0.15, 0.2) is 5.13 Å². The molecule has 32 heavy (non-hydrogen) atoms. The first kappa shape index (κ1) is 24.5. The van der Waals surface area contributed by atoms with Crippen LogP contribution in [0.2, 0.25) is 0 Å². The third kappa shape index (κ3) is 5.98. The van der Waals surface area contributed by atoms with Gasteiger partial charge >= 0.3 is 0 Å². The lowest BCUT2D eigenvalue weighted by molar-refractivity contribution is 0.104. The van der Waals surface area contributed by atoms with Gasteiger partial charge < -0.3 is 10.0 Å². The van der Waals surface area contributed by atoms with Gasteiger partial charge in [0.1, 0.15) is 0 Å². The number of hydrogen-bond acceptors (Lipinski definition) is 7. The Morgan fingerprint density at radius 2 is 1.94 bits per heavy atom. The standard InChI is InChI=1S/C23H25N3O2S2.C2H6/c1-29-20-9-5-8-18(12-20)22(28)21-13-24-23(30-21)26-11-10-25(19(15-26)16-27)14-17-6-3-2-4-7-17;1-2/h2-9,12-13,19,27H,10-11,14-16H2,1H3;1-2H3. The Bertz CT molecular complexity index is 994. The van der Waals surface area contributed by atoms with Crippen LogP contribution in [-0.2, 0) is 6.54 Å². The van der Waals surface area contributed by atoms with Crippen molar-refractivity contribution in [1.29, 1.82) is 0 Å². The van der Waals surface area contributed by atoms with Gasteiger partial charge in [0, 0.05) is 36.6 Å². The smallest absolute Gasteiger partial charge is 0.204 e. The van der Waals surface area contributed by atoms with Crippen molar-refractivity contribution in [2.45, 2.75) is 31.3 Å². The average Bonchev–Trinajstić information content (AvgIpc) is 3.36. The molecule has 1 saturated heterocycles. The SMILES string of the molecule is CC.CSc1cccc(C(=O)c2cnc(N3CCN(Cc4ccccc4)C(CO)C3)s2)c1. The predicted molar refractivity (Wildman–Crippen MR) is 135 cm³/mol. The van der Waals surface area contributed by atoms with Gasteiger partial charge in [-0.3, -0.25) is 9.69 Å². The monoisotopic (exact) mass is 469 g/mol. The first-order valence-electron chi connectivity index (χ1n) is 11.0. The molecular weight excluding hydrogens is 438 g/mol. The van der Waals surface area contributed by atoms with Crippen LogP contribution < -0.4 is 4.90 Å². The van der Waals surface area contributed by atoms with Gasteiger partial charge in [-0.05, 0) is 24.0 Å². The van der Waals surface area contributed by atoms with Crippen molar-refractivity contribution in [3.8, 4) is 0 Å². The molecule has 0 bridgehead atoms. The largest absolute Gasteiger partial charge is 0.395 e. The second-order valence-electron chi connectivity index (χ2n) is 7.31. The Morgan fingerprint density at radius 3 is 2.66 bits per heavy atom. The van der Waals surface area contributed by atoms with Crippen molar-refractivity contribution >= 4 is 34.0 Å². The zero-order valence-corrected chi connectivity index (χ0v) is 20.5. The Kier molecular flexibility index (Phi) is 9.29. The lowest BCUT2D eigenvalue weighted by Crippen LogP contribution is -2.54. The van der Waals surface area contributed by atoms with Crippen molar-refractivity contribution in [1.82, 2.24) is 9.88 Å². The predicted octanol–water partition coefficient (Wildman–Crippen LogP) is 4.81. The van der Waals surface area contributed by atoms with Crippen LogP contribution in [-0.4, -0.2) is 59.3 Å². The van der Waals surface area contributed by atoms with E-state index in [1.165, 1.54) is 16.9 Å². The lowest BCUT2D eigenvalue weighted by Gasteiger charge is -2.40. The summed E-state index contributed by atoms with van der Waals surface area (Å²) in [6.45, 7) is 7.30. The topological polar surface area (TPSA) is 56.7 Å². The maximum absolute atomic E-state index is 12.9. The number of piperazine rings is 1. The number of aromatic nitrogens is 1. The van der Waals surface area contributed by atoms with Gasteiger partial charge in [-0.25, -0.2) is 4.98 Å². The van der Waals surface area contributed by atoms with Crippen LogP contribution in [0.15, 0.2) is 65.7 Å². The number of anilines is 1. The Labute approximate surface area is 199 Å². The fourth-order valence-electron chi connectivity index (χ4n) is 3.69. The molecule has 0 radical (unpaired) electrons. The summed E-state index contributed by atoms with van der Waals surface area (Å²) < 4.78 is 0. The number of hydrogen-bond donors (Lipinski definition) is 1.